The maximum absolute atomic E-state index is 5.35. The average molecular weight is 364 g/mol. The van der Waals surface area contributed by atoms with Crippen molar-refractivity contribution in [2.45, 2.75) is 37.8 Å². The molecule has 0 radical (unpaired) electrons. The summed E-state index contributed by atoms with van der Waals surface area (Å²) in [5.41, 5.74) is 1.45. The number of methoxy groups -OCH3 is 1. The van der Waals surface area contributed by atoms with Gasteiger partial charge in [0.15, 0.2) is 0 Å². The van der Waals surface area contributed by atoms with Crippen LogP contribution in [0.25, 0.3) is 0 Å². The highest BCUT2D eigenvalue weighted by Gasteiger charge is 2.45. The number of rotatable bonds is 3. The normalized spacial score (nSPS) is 30.6. The first-order chi connectivity index (χ1) is 13.3. The Bertz CT molecular complexity index is 766. The first-order valence-electron chi connectivity index (χ1n) is 10.2. The molecule has 0 amide bonds. The summed E-state index contributed by atoms with van der Waals surface area (Å²) >= 11 is 0. The lowest BCUT2D eigenvalue weighted by atomic mass is 9.74. The van der Waals surface area contributed by atoms with E-state index in [-0.39, 0.29) is 0 Å². The highest BCUT2D eigenvalue weighted by Crippen LogP contribution is 2.44. The van der Waals surface area contributed by atoms with Crippen LogP contribution in [0, 0.1) is 11.8 Å². The average Bonchev–Trinajstić information content (AvgIpc) is 2.74. The summed E-state index contributed by atoms with van der Waals surface area (Å²) in [5, 5.41) is 0. The molecular weight excluding hydrogens is 336 g/mol. The SMILES string of the molecule is COc1ccc([C@H]2CCC[C@H]3[C@@H]4C[C@@H](CN(c5ccncn5)C4)CN23)cc1. The van der Waals surface area contributed by atoms with Crippen molar-refractivity contribution in [2.24, 2.45) is 11.8 Å². The van der Waals surface area contributed by atoms with Crippen molar-refractivity contribution in [2.75, 3.05) is 31.6 Å². The fourth-order valence-corrected chi connectivity index (χ4v) is 5.65. The smallest absolute Gasteiger partial charge is 0.131 e. The molecule has 2 aromatic rings. The number of ether oxygens (including phenoxy) is 1. The molecule has 3 fully saturated rings. The first-order valence-corrected chi connectivity index (χ1v) is 10.2. The zero-order chi connectivity index (χ0) is 18.2. The molecule has 3 aliphatic heterocycles. The molecule has 27 heavy (non-hydrogen) atoms. The van der Waals surface area contributed by atoms with Gasteiger partial charge >= 0.3 is 0 Å². The Kier molecular flexibility index (Phi) is 4.48. The maximum atomic E-state index is 5.35. The second kappa shape index (κ2) is 7.12. The topological polar surface area (TPSA) is 41.5 Å². The lowest BCUT2D eigenvalue weighted by Crippen LogP contribution is -2.59. The molecule has 0 N–H and O–H groups in total. The van der Waals surface area contributed by atoms with E-state index < -0.39 is 0 Å². The zero-order valence-electron chi connectivity index (χ0n) is 16.0. The van der Waals surface area contributed by atoms with Gasteiger partial charge in [-0.3, -0.25) is 4.90 Å². The number of hydrogen-bond donors (Lipinski definition) is 0. The number of benzene rings is 1. The third-order valence-corrected chi connectivity index (χ3v) is 6.78. The van der Waals surface area contributed by atoms with E-state index in [2.05, 4.69) is 50.1 Å². The Hall–Kier alpha value is -2.14. The van der Waals surface area contributed by atoms with E-state index in [1.807, 2.05) is 6.20 Å². The molecule has 5 nitrogen and oxygen atoms in total. The Morgan fingerprint density at radius 2 is 1.93 bits per heavy atom. The Morgan fingerprint density at radius 3 is 2.70 bits per heavy atom. The quantitative estimate of drug-likeness (QED) is 0.833. The number of piperidine rings is 3. The van der Waals surface area contributed by atoms with Crippen molar-refractivity contribution >= 4 is 5.82 Å². The summed E-state index contributed by atoms with van der Waals surface area (Å²) in [6, 6.07) is 12.1. The van der Waals surface area contributed by atoms with Crippen LogP contribution in [0.4, 0.5) is 5.82 Å². The predicted molar refractivity (Wildman–Crippen MR) is 106 cm³/mol. The molecular formula is C22H28N4O. The molecule has 5 heteroatoms. The van der Waals surface area contributed by atoms with Crippen LogP contribution in [0.1, 0.15) is 37.3 Å². The molecule has 0 saturated carbocycles. The molecule has 5 rings (SSSR count). The predicted octanol–water partition coefficient (Wildman–Crippen LogP) is 3.54. The van der Waals surface area contributed by atoms with E-state index in [0.29, 0.717) is 12.1 Å². The lowest BCUT2D eigenvalue weighted by molar-refractivity contribution is -0.0201. The number of hydrogen-bond acceptors (Lipinski definition) is 5. The molecule has 142 valence electrons. The van der Waals surface area contributed by atoms with Crippen LogP contribution in [0.3, 0.4) is 0 Å². The molecule has 3 aliphatic rings. The summed E-state index contributed by atoms with van der Waals surface area (Å²) < 4.78 is 5.35. The molecule has 4 atom stereocenters. The van der Waals surface area contributed by atoms with Crippen LogP contribution in [0.2, 0.25) is 0 Å². The highest BCUT2D eigenvalue weighted by atomic mass is 16.5. The first kappa shape index (κ1) is 17.0. The molecule has 1 aromatic heterocycles. The summed E-state index contributed by atoms with van der Waals surface area (Å²) in [5.74, 6) is 3.51. The second-order valence-corrected chi connectivity index (χ2v) is 8.32. The van der Waals surface area contributed by atoms with Gasteiger partial charge in [-0.15, -0.1) is 0 Å². The zero-order valence-corrected chi connectivity index (χ0v) is 16.0. The van der Waals surface area contributed by atoms with Crippen LogP contribution in [-0.4, -0.2) is 47.7 Å². The van der Waals surface area contributed by atoms with Crippen LogP contribution in [-0.2, 0) is 0 Å². The van der Waals surface area contributed by atoms with E-state index in [1.165, 1.54) is 37.8 Å². The molecule has 4 heterocycles. The Morgan fingerprint density at radius 1 is 1.04 bits per heavy atom. The fourth-order valence-electron chi connectivity index (χ4n) is 5.65. The van der Waals surface area contributed by atoms with Crippen molar-refractivity contribution in [1.29, 1.82) is 0 Å². The Labute approximate surface area is 161 Å². The summed E-state index contributed by atoms with van der Waals surface area (Å²) in [7, 11) is 1.74. The van der Waals surface area contributed by atoms with Crippen molar-refractivity contribution < 1.29 is 4.74 Å². The van der Waals surface area contributed by atoms with E-state index >= 15 is 0 Å². The Balaban J connectivity index is 1.37. The van der Waals surface area contributed by atoms with Crippen LogP contribution in [0.5, 0.6) is 5.75 Å². The van der Waals surface area contributed by atoms with Gasteiger partial charge < -0.3 is 9.64 Å². The van der Waals surface area contributed by atoms with E-state index in [1.54, 1.807) is 13.4 Å². The molecule has 2 bridgehead atoms. The standard InChI is InChI=1S/C22H28N4O/c1-27-19-7-5-17(6-8-19)20-3-2-4-21-18-11-16(13-26(20)21)12-25(14-18)22-9-10-23-15-24-22/h5-10,15-16,18,20-21H,2-4,11-14H2,1H3/t16-,18+,20+,21-/m0/s1. The molecule has 0 unspecified atom stereocenters. The maximum Gasteiger partial charge on any atom is 0.131 e. The minimum absolute atomic E-state index is 0.561. The highest BCUT2D eigenvalue weighted by molar-refractivity contribution is 5.38. The van der Waals surface area contributed by atoms with Crippen LogP contribution >= 0.6 is 0 Å². The van der Waals surface area contributed by atoms with Crippen molar-refractivity contribution in [1.82, 2.24) is 14.9 Å². The summed E-state index contributed by atoms with van der Waals surface area (Å²) in [6.45, 7) is 3.45. The third-order valence-electron chi connectivity index (χ3n) is 6.78. The minimum atomic E-state index is 0.561. The molecule has 0 spiro atoms. The second-order valence-electron chi connectivity index (χ2n) is 8.32. The van der Waals surface area contributed by atoms with Crippen LogP contribution < -0.4 is 9.64 Å². The summed E-state index contributed by atoms with van der Waals surface area (Å²) in [4.78, 5) is 13.9. The van der Waals surface area contributed by atoms with Gasteiger partial charge in [-0.25, -0.2) is 9.97 Å². The van der Waals surface area contributed by atoms with Gasteiger partial charge in [0.25, 0.3) is 0 Å². The number of aromatic nitrogens is 2. The van der Waals surface area contributed by atoms with Gasteiger partial charge in [-0.2, -0.15) is 0 Å². The largest absolute Gasteiger partial charge is 0.497 e. The van der Waals surface area contributed by atoms with Crippen molar-refractivity contribution in [3.05, 3.63) is 48.4 Å². The van der Waals surface area contributed by atoms with Gasteiger partial charge in [-0.1, -0.05) is 12.1 Å². The van der Waals surface area contributed by atoms with E-state index in [0.717, 1.165) is 36.5 Å². The molecule has 3 saturated heterocycles. The number of fused-ring (bicyclic) bond motifs is 4. The van der Waals surface area contributed by atoms with Gasteiger partial charge in [0.05, 0.1) is 7.11 Å². The van der Waals surface area contributed by atoms with Crippen molar-refractivity contribution in [3.8, 4) is 5.75 Å². The lowest BCUT2D eigenvalue weighted by Gasteiger charge is -2.55. The van der Waals surface area contributed by atoms with Gasteiger partial charge in [0, 0.05) is 37.9 Å². The molecule has 0 aliphatic carbocycles. The number of anilines is 1. The molecule has 1 aromatic carbocycles. The van der Waals surface area contributed by atoms with E-state index in [4.69, 9.17) is 4.74 Å². The van der Waals surface area contributed by atoms with Gasteiger partial charge in [0.2, 0.25) is 0 Å². The minimum Gasteiger partial charge on any atom is -0.497 e. The van der Waals surface area contributed by atoms with E-state index in [9.17, 15) is 0 Å². The van der Waals surface area contributed by atoms with Gasteiger partial charge in [0.1, 0.15) is 17.9 Å². The third kappa shape index (κ3) is 3.18. The van der Waals surface area contributed by atoms with Gasteiger partial charge in [-0.05, 0) is 61.3 Å². The number of nitrogens with zero attached hydrogens (tertiary/aromatic N) is 4. The monoisotopic (exact) mass is 364 g/mol. The fraction of sp³-hybridized carbons (Fsp3) is 0.545. The van der Waals surface area contributed by atoms with Crippen molar-refractivity contribution in [3.63, 3.8) is 0 Å². The van der Waals surface area contributed by atoms with Crippen LogP contribution in [0.15, 0.2) is 42.9 Å². The summed E-state index contributed by atoms with van der Waals surface area (Å²) in [6.07, 6.45) is 8.84.